The minimum atomic E-state index is -0.460. The smallest absolute Gasteiger partial charge is 0.341 e. The van der Waals surface area contributed by atoms with Crippen LogP contribution in [0.2, 0.25) is 0 Å². The van der Waals surface area contributed by atoms with Crippen LogP contribution in [0.5, 0.6) is 5.75 Å². The zero-order valence-electron chi connectivity index (χ0n) is 14.0. The van der Waals surface area contributed by atoms with Crippen LogP contribution in [0.15, 0.2) is 60.5 Å². The monoisotopic (exact) mass is 333 g/mol. The summed E-state index contributed by atoms with van der Waals surface area (Å²) in [6, 6.07) is 15.2. The second kappa shape index (κ2) is 7.56. The van der Waals surface area contributed by atoms with Crippen molar-refractivity contribution in [3.8, 4) is 5.75 Å². The fraction of sp³-hybridized carbons (Fsp3) is 0.143. The molecule has 0 aliphatic heterocycles. The zero-order chi connectivity index (χ0) is 17.6. The Morgan fingerprint density at radius 2 is 1.92 bits per heavy atom. The zero-order valence-corrected chi connectivity index (χ0v) is 14.0. The average Bonchev–Trinajstić information content (AvgIpc) is 3.50. The van der Waals surface area contributed by atoms with Gasteiger partial charge in [-0.25, -0.2) is 4.79 Å². The van der Waals surface area contributed by atoms with Crippen molar-refractivity contribution >= 4 is 17.1 Å². The molecule has 0 saturated carbocycles. The molecule has 0 N–H and O–H groups in total. The van der Waals surface area contributed by atoms with E-state index < -0.39 is 5.97 Å². The van der Waals surface area contributed by atoms with Crippen molar-refractivity contribution in [1.82, 2.24) is 0 Å². The first-order valence-corrected chi connectivity index (χ1v) is 7.74. The Morgan fingerprint density at radius 3 is 2.64 bits per heavy atom. The Labute approximate surface area is 146 Å². The first-order chi connectivity index (χ1) is 12.2. The number of hydrogen-bond acceptors (Lipinski definition) is 4. The second-order valence-electron chi connectivity index (χ2n) is 5.36. The summed E-state index contributed by atoms with van der Waals surface area (Å²) in [5, 5.41) is 0. The van der Waals surface area contributed by atoms with Crippen LogP contribution in [0, 0.1) is 6.08 Å². The first kappa shape index (κ1) is 16.6. The molecule has 1 aliphatic rings. The summed E-state index contributed by atoms with van der Waals surface area (Å²) in [4.78, 5) is 12.0. The maximum absolute atomic E-state index is 12.0. The summed E-state index contributed by atoms with van der Waals surface area (Å²) < 4.78 is 15.8. The molecule has 0 unspecified atom stereocenters. The van der Waals surface area contributed by atoms with Gasteiger partial charge in [-0.1, -0.05) is 36.4 Å². The Morgan fingerprint density at radius 1 is 1.12 bits per heavy atom. The molecule has 0 aromatic heterocycles. The van der Waals surface area contributed by atoms with Crippen LogP contribution < -0.4 is 4.74 Å². The van der Waals surface area contributed by atoms with Gasteiger partial charge in [-0.15, -0.1) is 5.73 Å². The van der Waals surface area contributed by atoms with Gasteiger partial charge in [-0.05, 0) is 28.8 Å². The predicted octanol–water partition coefficient (Wildman–Crippen LogP) is 3.78. The van der Waals surface area contributed by atoms with E-state index in [9.17, 15) is 4.79 Å². The van der Waals surface area contributed by atoms with E-state index in [1.807, 2.05) is 48.5 Å². The van der Waals surface area contributed by atoms with E-state index in [2.05, 4.69) is 11.8 Å². The Balaban J connectivity index is 1.81. The van der Waals surface area contributed by atoms with E-state index in [1.165, 1.54) is 20.5 Å². The molecular formula is C21H17O4. The Hall–Kier alpha value is -3.23. The molecule has 0 amide bonds. The van der Waals surface area contributed by atoms with E-state index >= 15 is 0 Å². The summed E-state index contributed by atoms with van der Waals surface area (Å²) in [5.74, 6) is 0.282. The number of ether oxygens (including phenoxy) is 3. The minimum Gasteiger partial charge on any atom is -0.503 e. The molecule has 1 aliphatic carbocycles. The molecule has 4 heteroatoms. The van der Waals surface area contributed by atoms with Gasteiger partial charge < -0.3 is 14.2 Å². The Kier molecular flexibility index (Phi) is 5.03. The highest BCUT2D eigenvalue weighted by Crippen LogP contribution is 2.26. The minimum absolute atomic E-state index is 0.313. The number of rotatable bonds is 7. The third-order valence-electron chi connectivity index (χ3n) is 3.72. The quantitative estimate of drug-likeness (QED) is 0.335. The van der Waals surface area contributed by atoms with Crippen LogP contribution in [0.3, 0.4) is 0 Å². The summed E-state index contributed by atoms with van der Waals surface area (Å²) in [5.41, 5.74) is 6.87. The number of carbonyl (C=O) groups excluding carboxylic acids is 1. The lowest BCUT2D eigenvalue weighted by Crippen LogP contribution is -2.08. The van der Waals surface area contributed by atoms with Crippen molar-refractivity contribution in [2.75, 3.05) is 14.2 Å². The molecule has 0 saturated heterocycles. The predicted molar refractivity (Wildman–Crippen MR) is 94.4 cm³/mol. The Bertz CT molecular complexity index is 886. The van der Waals surface area contributed by atoms with Crippen molar-refractivity contribution in [2.45, 2.75) is 6.61 Å². The molecule has 25 heavy (non-hydrogen) atoms. The average molecular weight is 333 g/mol. The van der Waals surface area contributed by atoms with E-state index in [4.69, 9.17) is 14.2 Å². The number of hydrogen-bond donors (Lipinski definition) is 0. The van der Waals surface area contributed by atoms with E-state index in [1.54, 1.807) is 0 Å². The van der Waals surface area contributed by atoms with Crippen molar-refractivity contribution in [1.29, 1.82) is 0 Å². The normalized spacial score (nSPS) is 12.4. The van der Waals surface area contributed by atoms with Gasteiger partial charge in [0.05, 0.1) is 20.5 Å². The molecule has 2 aromatic carbocycles. The number of methoxy groups -OCH3 is 2. The van der Waals surface area contributed by atoms with E-state index in [-0.39, 0.29) is 0 Å². The molecule has 4 nitrogen and oxygen atoms in total. The van der Waals surface area contributed by atoms with Gasteiger partial charge in [-0.3, -0.25) is 0 Å². The summed E-state index contributed by atoms with van der Waals surface area (Å²) in [6.07, 6.45) is 4.33. The topological polar surface area (TPSA) is 44.8 Å². The highest BCUT2D eigenvalue weighted by molar-refractivity contribution is 6.16. The number of allylic oxidation sites excluding steroid dienone is 1. The van der Waals surface area contributed by atoms with Gasteiger partial charge in [0.2, 0.25) is 0 Å². The van der Waals surface area contributed by atoms with Crippen LogP contribution in [0.4, 0.5) is 0 Å². The van der Waals surface area contributed by atoms with Crippen LogP contribution in [-0.2, 0) is 20.9 Å². The van der Waals surface area contributed by atoms with Crippen molar-refractivity contribution < 1.29 is 19.0 Å². The molecule has 0 bridgehead atoms. The lowest BCUT2D eigenvalue weighted by molar-refractivity contribution is -0.133. The van der Waals surface area contributed by atoms with Crippen LogP contribution >= 0.6 is 0 Å². The third kappa shape index (κ3) is 4.00. The van der Waals surface area contributed by atoms with Gasteiger partial charge in [0.1, 0.15) is 17.9 Å². The molecule has 0 fully saturated rings. The van der Waals surface area contributed by atoms with Crippen LogP contribution in [-0.4, -0.2) is 20.2 Å². The van der Waals surface area contributed by atoms with Crippen LogP contribution in [0.25, 0.3) is 11.1 Å². The maximum atomic E-state index is 12.0. The van der Waals surface area contributed by atoms with E-state index in [0.717, 1.165) is 22.4 Å². The van der Waals surface area contributed by atoms with Gasteiger partial charge >= 0.3 is 5.97 Å². The molecule has 125 valence electrons. The fourth-order valence-electron chi connectivity index (χ4n) is 2.44. The molecule has 0 spiro atoms. The van der Waals surface area contributed by atoms with Crippen molar-refractivity contribution in [3.63, 3.8) is 0 Å². The first-order valence-electron chi connectivity index (χ1n) is 7.74. The van der Waals surface area contributed by atoms with Gasteiger partial charge in [0, 0.05) is 11.6 Å². The maximum Gasteiger partial charge on any atom is 0.341 e. The highest BCUT2D eigenvalue weighted by Gasteiger charge is 2.17. The fourth-order valence-corrected chi connectivity index (χ4v) is 2.44. The lowest BCUT2D eigenvalue weighted by atomic mass is 10.0. The highest BCUT2D eigenvalue weighted by atomic mass is 16.5. The molecule has 1 radical (unpaired) electrons. The molecule has 2 aromatic rings. The molecule has 3 rings (SSSR count). The van der Waals surface area contributed by atoms with Gasteiger partial charge in [0.15, 0.2) is 0 Å². The van der Waals surface area contributed by atoms with Gasteiger partial charge in [-0.2, -0.15) is 0 Å². The van der Waals surface area contributed by atoms with Crippen molar-refractivity contribution in [3.05, 3.63) is 83.3 Å². The molecule has 0 heterocycles. The second-order valence-corrected chi connectivity index (χ2v) is 5.36. The van der Waals surface area contributed by atoms with Crippen LogP contribution in [0.1, 0.15) is 16.7 Å². The SMILES string of the molecule is CO/C=C(/C(=O)OC)c1ccccc1COc1cccc(C2=C=[C]2)c1. The molecular weight excluding hydrogens is 316 g/mol. The summed E-state index contributed by atoms with van der Waals surface area (Å²) in [6.45, 7) is 0.313. The third-order valence-corrected chi connectivity index (χ3v) is 3.72. The van der Waals surface area contributed by atoms with Crippen molar-refractivity contribution in [2.24, 2.45) is 0 Å². The standard InChI is InChI=1S/C21H17O4/c1-23-14-20(21(22)24-2)19-9-4-3-6-17(19)13-25-18-8-5-7-16(12-18)15-10-11-15/h3-9,12,14H,13H2,1-2H3/b20-14+. The largest absolute Gasteiger partial charge is 0.503 e. The summed E-state index contributed by atoms with van der Waals surface area (Å²) >= 11 is 0. The van der Waals surface area contributed by atoms with Gasteiger partial charge in [0.25, 0.3) is 0 Å². The number of esters is 1. The lowest BCUT2D eigenvalue weighted by Gasteiger charge is -2.13. The molecule has 0 atom stereocenters. The summed E-state index contributed by atoms with van der Waals surface area (Å²) in [7, 11) is 2.83. The number of benzene rings is 2. The number of carbonyl (C=O) groups is 1. The van der Waals surface area contributed by atoms with E-state index in [0.29, 0.717) is 17.7 Å².